The van der Waals surface area contributed by atoms with E-state index in [-0.39, 0.29) is 5.78 Å². The third-order valence-corrected chi connectivity index (χ3v) is 0.983. The Bertz CT molecular complexity index is 272. The van der Waals surface area contributed by atoms with Gasteiger partial charge in [-0.3, -0.25) is 4.79 Å². The van der Waals surface area contributed by atoms with Crippen LogP contribution in [0.1, 0.15) is 17.5 Å². The zero-order valence-corrected chi connectivity index (χ0v) is 5.55. The summed E-state index contributed by atoms with van der Waals surface area (Å²) < 4.78 is 4.80. The van der Waals surface area contributed by atoms with Gasteiger partial charge in [0.1, 0.15) is 0 Å². The molecule has 0 spiro atoms. The average molecular weight is 134 g/mol. The summed E-state index contributed by atoms with van der Waals surface area (Å²) in [7, 11) is 0. The number of rotatable bonds is 1. The van der Waals surface area contributed by atoms with Crippen LogP contribution in [0.15, 0.2) is 22.8 Å². The van der Waals surface area contributed by atoms with Crippen molar-refractivity contribution in [3.05, 3.63) is 24.2 Å². The quantitative estimate of drug-likeness (QED) is 0.331. The van der Waals surface area contributed by atoms with E-state index < -0.39 is 0 Å². The summed E-state index contributed by atoms with van der Waals surface area (Å²) >= 11 is 0. The van der Waals surface area contributed by atoms with Crippen molar-refractivity contribution >= 4 is 5.78 Å². The van der Waals surface area contributed by atoms with Gasteiger partial charge in [0.05, 0.1) is 6.26 Å². The lowest BCUT2D eigenvalue weighted by Crippen LogP contribution is -1.90. The molecule has 0 amide bonds. The summed E-state index contributed by atoms with van der Waals surface area (Å²) in [5.41, 5.74) is 0. The standard InChI is InChI=1S/C8H6O2/c1-2-4-7(9)8-5-3-6-10-8/h3,5-6H,1H3. The molecule has 0 bridgehead atoms. The number of hydrogen-bond acceptors (Lipinski definition) is 2. The largest absolute Gasteiger partial charge is 0.460 e. The van der Waals surface area contributed by atoms with Gasteiger partial charge in [-0.25, -0.2) is 0 Å². The van der Waals surface area contributed by atoms with E-state index in [4.69, 9.17) is 4.42 Å². The van der Waals surface area contributed by atoms with E-state index in [1.165, 1.54) is 6.26 Å². The summed E-state index contributed by atoms with van der Waals surface area (Å²) in [4.78, 5) is 10.8. The van der Waals surface area contributed by atoms with Gasteiger partial charge < -0.3 is 4.42 Å². The molecule has 1 rings (SSSR count). The highest BCUT2D eigenvalue weighted by molar-refractivity contribution is 6.06. The van der Waals surface area contributed by atoms with E-state index >= 15 is 0 Å². The molecule has 2 nitrogen and oxygen atoms in total. The highest BCUT2D eigenvalue weighted by atomic mass is 16.3. The molecular weight excluding hydrogens is 128 g/mol. The molecule has 1 heterocycles. The molecule has 0 aliphatic rings. The zero-order valence-electron chi connectivity index (χ0n) is 5.55. The van der Waals surface area contributed by atoms with Crippen LogP contribution >= 0.6 is 0 Å². The predicted molar refractivity (Wildman–Crippen MR) is 36.5 cm³/mol. The molecule has 0 N–H and O–H groups in total. The zero-order chi connectivity index (χ0) is 7.40. The van der Waals surface area contributed by atoms with Crippen LogP contribution in [0.3, 0.4) is 0 Å². The first-order valence-corrected chi connectivity index (χ1v) is 2.85. The van der Waals surface area contributed by atoms with Gasteiger partial charge in [-0.15, -0.1) is 0 Å². The Labute approximate surface area is 58.8 Å². The van der Waals surface area contributed by atoms with Gasteiger partial charge in [-0.1, -0.05) is 5.92 Å². The number of Topliss-reactive ketones (excluding diaryl/α,β-unsaturated/α-hetero) is 1. The first-order chi connectivity index (χ1) is 4.84. The van der Waals surface area contributed by atoms with Crippen LogP contribution in [0.5, 0.6) is 0 Å². The Balaban J connectivity index is 2.85. The lowest BCUT2D eigenvalue weighted by Gasteiger charge is -1.80. The van der Waals surface area contributed by atoms with Crippen molar-refractivity contribution in [1.82, 2.24) is 0 Å². The molecule has 50 valence electrons. The van der Waals surface area contributed by atoms with Gasteiger partial charge in [0, 0.05) is 0 Å². The molecular formula is C8H6O2. The van der Waals surface area contributed by atoms with Gasteiger partial charge in [0.15, 0.2) is 5.76 Å². The Morgan fingerprint density at radius 3 is 3.00 bits per heavy atom. The lowest BCUT2D eigenvalue weighted by atomic mass is 10.3. The molecule has 1 aromatic heterocycles. The highest BCUT2D eigenvalue weighted by Crippen LogP contribution is 1.99. The fourth-order valence-electron chi connectivity index (χ4n) is 0.583. The predicted octanol–water partition coefficient (Wildman–Crippen LogP) is 1.49. The van der Waals surface area contributed by atoms with Gasteiger partial charge in [-0.05, 0) is 25.0 Å². The van der Waals surface area contributed by atoms with E-state index in [0.29, 0.717) is 5.76 Å². The second kappa shape index (κ2) is 2.88. The molecule has 0 radical (unpaired) electrons. The third kappa shape index (κ3) is 1.26. The van der Waals surface area contributed by atoms with E-state index in [0.717, 1.165) is 0 Å². The lowest BCUT2D eigenvalue weighted by molar-refractivity contribution is 0.103. The van der Waals surface area contributed by atoms with Gasteiger partial charge in [-0.2, -0.15) is 0 Å². The molecule has 0 saturated carbocycles. The SMILES string of the molecule is CC#CC(=O)c1ccco1. The number of furan rings is 1. The molecule has 0 aliphatic carbocycles. The fraction of sp³-hybridized carbons (Fsp3) is 0.125. The molecule has 10 heavy (non-hydrogen) atoms. The molecule has 0 saturated heterocycles. The van der Waals surface area contributed by atoms with Gasteiger partial charge in [0.2, 0.25) is 0 Å². The number of carbonyl (C=O) groups excluding carboxylic acids is 1. The van der Waals surface area contributed by atoms with E-state index in [1.54, 1.807) is 19.1 Å². The van der Waals surface area contributed by atoms with Crippen LogP contribution in [0, 0.1) is 11.8 Å². The Kier molecular flexibility index (Phi) is 1.91. The number of carbonyl (C=O) groups is 1. The van der Waals surface area contributed by atoms with Crippen molar-refractivity contribution in [3.63, 3.8) is 0 Å². The number of ketones is 1. The molecule has 0 aliphatic heterocycles. The van der Waals surface area contributed by atoms with Crippen molar-refractivity contribution in [2.45, 2.75) is 6.92 Å². The second-order valence-electron chi connectivity index (χ2n) is 1.68. The maximum Gasteiger partial charge on any atom is 0.271 e. The van der Waals surface area contributed by atoms with Crippen molar-refractivity contribution in [3.8, 4) is 11.8 Å². The minimum atomic E-state index is -0.271. The van der Waals surface area contributed by atoms with Gasteiger partial charge >= 0.3 is 0 Å². The monoisotopic (exact) mass is 134 g/mol. The summed E-state index contributed by atoms with van der Waals surface area (Å²) in [6, 6.07) is 3.25. The van der Waals surface area contributed by atoms with E-state index in [9.17, 15) is 4.79 Å². The van der Waals surface area contributed by atoms with E-state index in [1.807, 2.05) is 0 Å². The molecule has 2 heteroatoms. The van der Waals surface area contributed by atoms with Gasteiger partial charge in [0.25, 0.3) is 5.78 Å². The van der Waals surface area contributed by atoms with Crippen molar-refractivity contribution in [2.75, 3.05) is 0 Å². The molecule has 0 unspecified atom stereocenters. The number of hydrogen-bond donors (Lipinski definition) is 0. The van der Waals surface area contributed by atoms with Crippen LogP contribution in [0.4, 0.5) is 0 Å². The minimum absolute atomic E-state index is 0.271. The first-order valence-electron chi connectivity index (χ1n) is 2.85. The summed E-state index contributed by atoms with van der Waals surface area (Å²) in [5, 5.41) is 0. The van der Waals surface area contributed by atoms with Crippen LogP contribution < -0.4 is 0 Å². The van der Waals surface area contributed by atoms with Crippen LogP contribution in [-0.2, 0) is 0 Å². The summed E-state index contributed by atoms with van der Waals surface area (Å²) in [5.74, 6) is 4.89. The normalized spacial score (nSPS) is 8.10. The summed E-state index contributed by atoms with van der Waals surface area (Å²) in [6.45, 7) is 1.61. The average Bonchev–Trinajstić information content (AvgIpc) is 2.38. The Morgan fingerprint density at radius 2 is 2.50 bits per heavy atom. The highest BCUT2D eigenvalue weighted by Gasteiger charge is 2.02. The molecule has 1 aromatic rings. The second-order valence-corrected chi connectivity index (χ2v) is 1.68. The van der Waals surface area contributed by atoms with Crippen LogP contribution in [0.25, 0.3) is 0 Å². The summed E-state index contributed by atoms with van der Waals surface area (Å²) in [6.07, 6.45) is 1.45. The van der Waals surface area contributed by atoms with Crippen LogP contribution in [-0.4, -0.2) is 5.78 Å². The first kappa shape index (κ1) is 6.63. The smallest absolute Gasteiger partial charge is 0.271 e. The molecule has 0 fully saturated rings. The van der Waals surface area contributed by atoms with Crippen molar-refractivity contribution in [2.24, 2.45) is 0 Å². The topological polar surface area (TPSA) is 30.2 Å². The molecule has 0 atom stereocenters. The maximum atomic E-state index is 10.8. The Hall–Kier alpha value is -1.49. The van der Waals surface area contributed by atoms with E-state index in [2.05, 4.69) is 11.8 Å². The minimum Gasteiger partial charge on any atom is -0.460 e. The Morgan fingerprint density at radius 1 is 1.70 bits per heavy atom. The van der Waals surface area contributed by atoms with Crippen molar-refractivity contribution in [1.29, 1.82) is 0 Å². The molecule has 0 aromatic carbocycles. The third-order valence-electron chi connectivity index (χ3n) is 0.983. The maximum absolute atomic E-state index is 10.8. The van der Waals surface area contributed by atoms with Crippen molar-refractivity contribution < 1.29 is 9.21 Å². The fourth-order valence-corrected chi connectivity index (χ4v) is 0.583. The van der Waals surface area contributed by atoms with Crippen LogP contribution in [0.2, 0.25) is 0 Å².